The molecule has 106 valence electrons. The Bertz CT molecular complexity index is 444. The van der Waals surface area contributed by atoms with Gasteiger partial charge in [-0.2, -0.15) is 0 Å². The van der Waals surface area contributed by atoms with Crippen LogP contribution in [0.1, 0.15) is 46.2 Å². The second kappa shape index (κ2) is 5.28. The zero-order valence-electron chi connectivity index (χ0n) is 12.1. The molecule has 0 saturated heterocycles. The Labute approximate surface area is 113 Å². The van der Waals surface area contributed by atoms with Crippen LogP contribution >= 0.6 is 0 Å². The van der Waals surface area contributed by atoms with E-state index in [1.807, 2.05) is 17.8 Å². The lowest BCUT2D eigenvalue weighted by molar-refractivity contribution is -0.122. The standard InChI is InChI=1S/C13H23N5O/c1-9(12(19)15-10-5-6-10)14-7-11-8-18(17-16-11)13(2,3)4/h8-10,14H,5-7H2,1-4H3,(H,15,19). The molecule has 0 radical (unpaired) electrons. The van der Waals surface area contributed by atoms with Gasteiger partial charge in [0.2, 0.25) is 5.91 Å². The summed E-state index contributed by atoms with van der Waals surface area (Å²) in [5, 5.41) is 14.3. The molecule has 1 aromatic heterocycles. The van der Waals surface area contributed by atoms with Crippen LogP contribution in [-0.4, -0.2) is 33.0 Å². The van der Waals surface area contributed by atoms with Crippen LogP contribution in [0.15, 0.2) is 6.20 Å². The number of carbonyl (C=O) groups excluding carboxylic acids is 1. The third kappa shape index (κ3) is 4.02. The lowest BCUT2D eigenvalue weighted by Gasteiger charge is -2.17. The molecule has 0 bridgehead atoms. The monoisotopic (exact) mass is 265 g/mol. The van der Waals surface area contributed by atoms with E-state index in [0.717, 1.165) is 18.5 Å². The van der Waals surface area contributed by atoms with Gasteiger partial charge in [-0.3, -0.25) is 4.79 Å². The highest BCUT2D eigenvalue weighted by molar-refractivity contribution is 5.81. The van der Waals surface area contributed by atoms with Crippen LogP contribution in [-0.2, 0) is 16.9 Å². The minimum atomic E-state index is -0.208. The number of hydrogen-bond donors (Lipinski definition) is 2. The maximum absolute atomic E-state index is 11.8. The summed E-state index contributed by atoms with van der Waals surface area (Å²) in [5.41, 5.74) is 0.779. The Hall–Kier alpha value is -1.43. The molecule has 19 heavy (non-hydrogen) atoms. The summed E-state index contributed by atoms with van der Waals surface area (Å²) in [5.74, 6) is 0.0608. The fraction of sp³-hybridized carbons (Fsp3) is 0.769. The summed E-state index contributed by atoms with van der Waals surface area (Å²) in [4.78, 5) is 11.8. The third-order valence-corrected chi connectivity index (χ3v) is 3.13. The van der Waals surface area contributed by atoms with E-state index in [0.29, 0.717) is 12.6 Å². The molecule has 1 unspecified atom stereocenters. The average molecular weight is 265 g/mol. The average Bonchev–Trinajstić information content (AvgIpc) is 2.99. The van der Waals surface area contributed by atoms with Gasteiger partial charge in [0.05, 0.1) is 23.5 Å². The normalized spacial score (nSPS) is 17.3. The second-order valence-corrected chi connectivity index (χ2v) is 6.21. The number of aromatic nitrogens is 3. The number of nitrogens with zero attached hydrogens (tertiary/aromatic N) is 3. The van der Waals surface area contributed by atoms with Gasteiger partial charge in [0.15, 0.2) is 0 Å². The number of nitrogens with one attached hydrogen (secondary N) is 2. The fourth-order valence-corrected chi connectivity index (χ4v) is 1.61. The number of hydrogen-bond acceptors (Lipinski definition) is 4. The molecule has 0 aliphatic heterocycles. The summed E-state index contributed by atoms with van der Waals surface area (Å²) >= 11 is 0. The first kappa shape index (κ1) is 14.0. The van der Waals surface area contributed by atoms with E-state index in [1.54, 1.807) is 0 Å². The Kier molecular flexibility index (Phi) is 3.89. The van der Waals surface area contributed by atoms with E-state index in [-0.39, 0.29) is 17.5 Å². The van der Waals surface area contributed by atoms with E-state index < -0.39 is 0 Å². The number of rotatable bonds is 5. The summed E-state index contributed by atoms with van der Waals surface area (Å²) < 4.78 is 1.83. The van der Waals surface area contributed by atoms with Gasteiger partial charge in [0.1, 0.15) is 0 Å². The van der Waals surface area contributed by atoms with Gasteiger partial charge >= 0.3 is 0 Å². The lowest BCUT2D eigenvalue weighted by atomic mass is 10.1. The molecule has 6 heteroatoms. The summed E-state index contributed by atoms with van der Waals surface area (Å²) in [6.07, 6.45) is 4.13. The van der Waals surface area contributed by atoms with Crippen molar-refractivity contribution in [3.05, 3.63) is 11.9 Å². The van der Waals surface area contributed by atoms with Crippen molar-refractivity contribution in [1.82, 2.24) is 25.6 Å². The Morgan fingerprint density at radius 3 is 2.74 bits per heavy atom. The first-order valence-electron chi connectivity index (χ1n) is 6.82. The first-order chi connectivity index (χ1) is 8.86. The molecule has 6 nitrogen and oxygen atoms in total. The van der Waals surface area contributed by atoms with E-state index >= 15 is 0 Å². The van der Waals surface area contributed by atoms with Crippen LogP contribution in [0, 0.1) is 0 Å². The predicted octanol–water partition coefficient (Wildman–Crippen LogP) is 0.790. The van der Waals surface area contributed by atoms with Gasteiger partial charge in [0, 0.05) is 12.6 Å². The molecule has 1 aliphatic carbocycles. The van der Waals surface area contributed by atoms with Gasteiger partial charge in [-0.1, -0.05) is 5.21 Å². The highest BCUT2D eigenvalue weighted by Crippen LogP contribution is 2.18. The van der Waals surface area contributed by atoms with Crippen LogP contribution in [0.5, 0.6) is 0 Å². The smallest absolute Gasteiger partial charge is 0.237 e. The van der Waals surface area contributed by atoms with Gasteiger partial charge in [-0.25, -0.2) is 4.68 Å². The Balaban J connectivity index is 1.81. The van der Waals surface area contributed by atoms with Crippen molar-refractivity contribution in [3.8, 4) is 0 Å². The molecule has 0 aromatic carbocycles. The Morgan fingerprint density at radius 2 is 2.21 bits per heavy atom. The molecule has 2 rings (SSSR count). The number of carbonyl (C=O) groups is 1. The summed E-state index contributed by atoms with van der Waals surface area (Å²) in [6.45, 7) is 8.64. The first-order valence-corrected chi connectivity index (χ1v) is 6.82. The van der Waals surface area contributed by atoms with Gasteiger partial charge < -0.3 is 10.6 Å². The largest absolute Gasteiger partial charge is 0.352 e. The molecular weight excluding hydrogens is 242 g/mol. The van der Waals surface area contributed by atoms with Crippen LogP contribution in [0.25, 0.3) is 0 Å². The molecule has 1 aliphatic rings. The SMILES string of the molecule is CC(NCc1cn(C(C)(C)C)nn1)C(=O)NC1CC1. The van der Waals surface area contributed by atoms with Crippen LogP contribution in [0.3, 0.4) is 0 Å². The quantitative estimate of drug-likeness (QED) is 0.825. The highest BCUT2D eigenvalue weighted by Gasteiger charge is 2.25. The number of amides is 1. The van der Waals surface area contributed by atoms with Crippen molar-refractivity contribution >= 4 is 5.91 Å². The van der Waals surface area contributed by atoms with Crippen molar-refractivity contribution < 1.29 is 4.79 Å². The second-order valence-electron chi connectivity index (χ2n) is 6.21. The topological polar surface area (TPSA) is 71.8 Å². The van der Waals surface area contributed by atoms with Crippen molar-refractivity contribution in [2.24, 2.45) is 0 Å². The molecule has 1 saturated carbocycles. The van der Waals surface area contributed by atoms with Crippen LogP contribution in [0.2, 0.25) is 0 Å². The molecule has 1 fully saturated rings. The summed E-state index contributed by atoms with van der Waals surface area (Å²) in [6, 6.07) is 0.193. The molecule has 1 amide bonds. The Morgan fingerprint density at radius 1 is 1.53 bits per heavy atom. The predicted molar refractivity (Wildman–Crippen MR) is 72.5 cm³/mol. The van der Waals surface area contributed by atoms with Gasteiger partial charge in [-0.15, -0.1) is 5.10 Å². The third-order valence-electron chi connectivity index (χ3n) is 3.13. The zero-order valence-corrected chi connectivity index (χ0v) is 12.1. The minimum absolute atomic E-state index is 0.0608. The van der Waals surface area contributed by atoms with Crippen LogP contribution < -0.4 is 10.6 Å². The highest BCUT2D eigenvalue weighted by atomic mass is 16.2. The fourth-order valence-electron chi connectivity index (χ4n) is 1.61. The maximum Gasteiger partial charge on any atom is 0.237 e. The minimum Gasteiger partial charge on any atom is -0.352 e. The molecule has 0 spiro atoms. The van der Waals surface area contributed by atoms with E-state index in [1.165, 1.54) is 0 Å². The summed E-state index contributed by atoms with van der Waals surface area (Å²) in [7, 11) is 0. The van der Waals surface area contributed by atoms with Gasteiger partial charge in [0.25, 0.3) is 0 Å². The molecule has 1 heterocycles. The van der Waals surface area contributed by atoms with Crippen molar-refractivity contribution in [1.29, 1.82) is 0 Å². The van der Waals surface area contributed by atoms with Crippen molar-refractivity contribution in [3.63, 3.8) is 0 Å². The van der Waals surface area contributed by atoms with Crippen molar-refractivity contribution in [2.75, 3.05) is 0 Å². The van der Waals surface area contributed by atoms with Crippen LogP contribution in [0.4, 0.5) is 0 Å². The molecule has 2 N–H and O–H groups in total. The molecule has 1 aromatic rings. The van der Waals surface area contributed by atoms with E-state index in [4.69, 9.17) is 0 Å². The van der Waals surface area contributed by atoms with Crippen molar-refractivity contribution in [2.45, 2.75) is 64.7 Å². The maximum atomic E-state index is 11.8. The molecular formula is C13H23N5O. The van der Waals surface area contributed by atoms with Gasteiger partial charge in [-0.05, 0) is 40.5 Å². The zero-order chi connectivity index (χ0) is 14.0. The molecule has 1 atom stereocenters. The van der Waals surface area contributed by atoms with E-state index in [9.17, 15) is 4.79 Å². The van der Waals surface area contributed by atoms with E-state index in [2.05, 4.69) is 41.7 Å². The lowest BCUT2D eigenvalue weighted by Crippen LogP contribution is -2.42.